The quantitative estimate of drug-likeness (QED) is 0.769. The van der Waals surface area contributed by atoms with Crippen molar-refractivity contribution in [3.05, 3.63) is 35.8 Å². The van der Waals surface area contributed by atoms with Crippen LogP contribution in [-0.2, 0) is 29.5 Å². The van der Waals surface area contributed by atoms with Gasteiger partial charge in [-0.1, -0.05) is 0 Å². The maximum absolute atomic E-state index is 12.2. The Morgan fingerprint density at radius 1 is 1.48 bits per heavy atom. The largest absolute Gasteiger partial charge is 0.455 e. The molecule has 0 aliphatic carbocycles. The number of hydrogen-bond acceptors (Lipinski definition) is 6. The molecule has 0 saturated carbocycles. The van der Waals surface area contributed by atoms with Crippen LogP contribution in [0.5, 0.6) is 0 Å². The summed E-state index contributed by atoms with van der Waals surface area (Å²) in [6.07, 6.45) is 4.11. The van der Waals surface area contributed by atoms with Gasteiger partial charge in [-0.3, -0.25) is 4.79 Å². The van der Waals surface area contributed by atoms with Gasteiger partial charge in [0.15, 0.2) is 5.76 Å². The summed E-state index contributed by atoms with van der Waals surface area (Å²) in [4.78, 5) is 16.3. The molecule has 1 amide bonds. The molecule has 23 heavy (non-hydrogen) atoms. The third-order valence-electron chi connectivity index (χ3n) is 3.53. The SMILES string of the molecule is CS(=O)(=O)NCc1ccc(C(=O)NC2CCc3ncnn3C2)o1. The molecule has 0 aromatic carbocycles. The van der Waals surface area contributed by atoms with Gasteiger partial charge in [-0.15, -0.1) is 0 Å². The van der Waals surface area contributed by atoms with Crippen molar-refractivity contribution in [3.8, 4) is 0 Å². The lowest BCUT2D eigenvalue weighted by Crippen LogP contribution is -2.41. The van der Waals surface area contributed by atoms with Crippen LogP contribution in [0.25, 0.3) is 0 Å². The highest BCUT2D eigenvalue weighted by atomic mass is 32.2. The van der Waals surface area contributed by atoms with Gasteiger partial charge in [0.1, 0.15) is 17.9 Å². The normalized spacial score (nSPS) is 17.7. The summed E-state index contributed by atoms with van der Waals surface area (Å²) in [6, 6.07) is 3.06. The summed E-state index contributed by atoms with van der Waals surface area (Å²) in [5.74, 6) is 1.12. The Balaban J connectivity index is 1.58. The van der Waals surface area contributed by atoms with Crippen LogP contribution >= 0.6 is 0 Å². The van der Waals surface area contributed by atoms with Crippen molar-refractivity contribution in [1.29, 1.82) is 0 Å². The minimum absolute atomic E-state index is 0.0118. The molecule has 3 heterocycles. The summed E-state index contributed by atoms with van der Waals surface area (Å²) in [5, 5.41) is 7.00. The first kappa shape index (κ1) is 15.7. The molecule has 3 rings (SSSR count). The molecule has 9 nitrogen and oxygen atoms in total. The van der Waals surface area contributed by atoms with Gasteiger partial charge in [0.05, 0.1) is 19.3 Å². The first-order valence-electron chi connectivity index (χ1n) is 7.11. The van der Waals surface area contributed by atoms with Crippen LogP contribution in [0.4, 0.5) is 0 Å². The van der Waals surface area contributed by atoms with E-state index in [-0.39, 0.29) is 24.3 Å². The molecule has 1 unspecified atom stereocenters. The van der Waals surface area contributed by atoms with Crippen molar-refractivity contribution < 1.29 is 17.6 Å². The number of sulfonamides is 1. The van der Waals surface area contributed by atoms with E-state index in [0.29, 0.717) is 12.3 Å². The molecular formula is C13H17N5O4S. The van der Waals surface area contributed by atoms with Crippen molar-refractivity contribution >= 4 is 15.9 Å². The molecule has 0 bridgehead atoms. The molecule has 2 aromatic rings. The fraction of sp³-hybridized carbons (Fsp3) is 0.462. The highest BCUT2D eigenvalue weighted by molar-refractivity contribution is 7.88. The van der Waals surface area contributed by atoms with Crippen LogP contribution in [0, 0.1) is 0 Å². The van der Waals surface area contributed by atoms with Crippen LogP contribution in [0.3, 0.4) is 0 Å². The first-order valence-corrected chi connectivity index (χ1v) is 9.01. The van der Waals surface area contributed by atoms with Gasteiger partial charge in [-0.2, -0.15) is 5.10 Å². The summed E-state index contributed by atoms with van der Waals surface area (Å²) < 4.78 is 31.5. The lowest BCUT2D eigenvalue weighted by atomic mass is 10.1. The number of carbonyl (C=O) groups excluding carboxylic acids is 1. The molecule has 2 N–H and O–H groups in total. The number of hydrogen-bond donors (Lipinski definition) is 2. The Hall–Kier alpha value is -2.20. The van der Waals surface area contributed by atoms with Gasteiger partial charge in [0.25, 0.3) is 5.91 Å². The van der Waals surface area contributed by atoms with E-state index in [1.165, 1.54) is 12.4 Å². The molecule has 0 fully saturated rings. The summed E-state index contributed by atoms with van der Waals surface area (Å²) in [6.45, 7) is 0.585. The average Bonchev–Trinajstić information content (AvgIpc) is 3.13. The number of aryl methyl sites for hydroxylation is 1. The number of nitrogens with zero attached hydrogens (tertiary/aromatic N) is 3. The molecule has 1 atom stereocenters. The minimum atomic E-state index is -3.31. The number of furan rings is 1. The Labute approximate surface area is 133 Å². The summed E-state index contributed by atoms with van der Waals surface area (Å²) in [7, 11) is -3.31. The van der Waals surface area contributed by atoms with Gasteiger partial charge in [0.2, 0.25) is 10.0 Å². The Bertz CT molecular complexity index is 810. The van der Waals surface area contributed by atoms with Crippen molar-refractivity contribution in [3.63, 3.8) is 0 Å². The van der Waals surface area contributed by atoms with E-state index < -0.39 is 10.0 Å². The maximum atomic E-state index is 12.2. The lowest BCUT2D eigenvalue weighted by Gasteiger charge is -2.23. The van der Waals surface area contributed by atoms with Crippen LogP contribution in [-0.4, -0.2) is 41.4 Å². The average molecular weight is 339 g/mol. The van der Waals surface area contributed by atoms with Crippen LogP contribution in [0.15, 0.2) is 22.9 Å². The number of amides is 1. The Kier molecular flexibility index (Phi) is 4.18. The number of aromatic nitrogens is 3. The van der Waals surface area contributed by atoms with Gasteiger partial charge in [-0.05, 0) is 18.6 Å². The predicted molar refractivity (Wildman–Crippen MR) is 80.0 cm³/mol. The molecular weight excluding hydrogens is 322 g/mol. The van der Waals surface area contributed by atoms with Crippen LogP contribution < -0.4 is 10.0 Å². The third kappa shape index (κ3) is 3.96. The fourth-order valence-electron chi connectivity index (χ4n) is 2.41. The molecule has 0 radical (unpaired) electrons. The summed E-state index contributed by atoms with van der Waals surface area (Å²) in [5.41, 5.74) is 0. The van der Waals surface area contributed by atoms with Crippen LogP contribution in [0.2, 0.25) is 0 Å². The van der Waals surface area contributed by atoms with Crippen molar-refractivity contribution in [2.75, 3.05) is 6.26 Å². The van der Waals surface area contributed by atoms with Crippen LogP contribution in [0.1, 0.15) is 28.6 Å². The highest BCUT2D eigenvalue weighted by Crippen LogP contribution is 2.13. The van der Waals surface area contributed by atoms with E-state index in [4.69, 9.17) is 4.42 Å². The monoisotopic (exact) mass is 339 g/mol. The number of carbonyl (C=O) groups is 1. The second-order valence-corrected chi connectivity index (χ2v) is 7.26. The van der Waals surface area contributed by atoms with Gasteiger partial charge >= 0.3 is 0 Å². The smallest absolute Gasteiger partial charge is 0.287 e. The maximum Gasteiger partial charge on any atom is 0.287 e. The van der Waals surface area contributed by atoms with Crippen molar-refractivity contribution in [1.82, 2.24) is 24.8 Å². The fourth-order valence-corrected chi connectivity index (χ4v) is 2.81. The second kappa shape index (κ2) is 6.13. The zero-order valence-electron chi connectivity index (χ0n) is 12.5. The molecule has 10 heteroatoms. The van der Waals surface area contributed by atoms with E-state index in [9.17, 15) is 13.2 Å². The molecule has 0 spiro atoms. The molecule has 2 aromatic heterocycles. The minimum Gasteiger partial charge on any atom is -0.455 e. The third-order valence-corrected chi connectivity index (χ3v) is 4.20. The van der Waals surface area contributed by atoms with E-state index >= 15 is 0 Å². The molecule has 1 aliphatic rings. The number of fused-ring (bicyclic) bond motifs is 1. The van der Waals surface area contributed by atoms with Gasteiger partial charge < -0.3 is 9.73 Å². The number of rotatable bonds is 5. The predicted octanol–water partition coefficient (Wildman–Crippen LogP) is -0.335. The molecule has 0 saturated heterocycles. The lowest BCUT2D eigenvalue weighted by molar-refractivity contribution is 0.0896. The topological polar surface area (TPSA) is 119 Å². The van der Waals surface area contributed by atoms with E-state index in [1.807, 2.05) is 0 Å². The summed E-state index contributed by atoms with van der Waals surface area (Å²) >= 11 is 0. The Morgan fingerprint density at radius 3 is 3.09 bits per heavy atom. The van der Waals surface area contributed by atoms with E-state index in [2.05, 4.69) is 20.1 Å². The first-order chi connectivity index (χ1) is 10.9. The number of nitrogens with one attached hydrogen (secondary N) is 2. The second-order valence-electron chi connectivity index (χ2n) is 5.43. The van der Waals surface area contributed by atoms with Gasteiger partial charge in [0, 0.05) is 12.5 Å². The molecule has 1 aliphatic heterocycles. The van der Waals surface area contributed by atoms with Gasteiger partial charge in [-0.25, -0.2) is 22.8 Å². The molecule has 124 valence electrons. The zero-order chi connectivity index (χ0) is 16.4. The standard InChI is InChI=1S/C13H17N5O4S/c1-23(20,21)16-6-10-3-4-11(22-10)13(19)17-9-2-5-12-14-8-15-18(12)7-9/h3-4,8-9,16H,2,5-7H2,1H3,(H,17,19). The Morgan fingerprint density at radius 2 is 2.30 bits per heavy atom. The van der Waals surface area contributed by atoms with E-state index in [1.54, 1.807) is 10.7 Å². The van der Waals surface area contributed by atoms with Crippen molar-refractivity contribution in [2.24, 2.45) is 0 Å². The highest BCUT2D eigenvalue weighted by Gasteiger charge is 2.23. The zero-order valence-corrected chi connectivity index (χ0v) is 13.3. The van der Waals surface area contributed by atoms with E-state index in [0.717, 1.165) is 24.9 Å². The van der Waals surface area contributed by atoms with Crippen molar-refractivity contribution in [2.45, 2.75) is 32.0 Å².